The van der Waals surface area contributed by atoms with Crippen molar-refractivity contribution in [2.24, 2.45) is 5.92 Å². The molecule has 1 aliphatic heterocycles. The summed E-state index contributed by atoms with van der Waals surface area (Å²) in [4.78, 5) is 11.6. The van der Waals surface area contributed by atoms with E-state index in [-0.39, 0.29) is 5.92 Å². The molecule has 0 N–H and O–H groups in total. The van der Waals surface area contributed by atoms with Gasteiger partial charge in [0.25, 0.3) is 0 Å². The van der Waals surface area contributed by atoms with E-state index in [1.54, 1.807) is 0 Å². The lowest BCUT2D eigenvalue weighted by molar-refractivity contribution is 0.177. The second kappa shape index (κ2) is 7.91. The predicted molar refractivity (Wildman–Crippen MR) is 95.6 cm³/mol. The first-order valence-corrected chi connectivity index (χ1v) is 11.3. The van der Waals surface area contributed by atoms with Gasteiger partial charge in [0.2, 0.25) is 0 Å². The summed E-state index contributed by atoms with van der Waals surface area (Å²) >= 11 is 0. The minimum Gasteiger partial charge on any atom is -0.299 e. The van der Waals surface area contributed by atoms with Crippen LogP contribution in [0.25, 0.3) is 0 Å². The maximum atomic E-state index is 11.5. The monoisotopic (exact) mass is 351 g/mol. The lowest BCUT2D eigenvalue weighted by atomic mass is 9.89. The predicted octanol–water partition coefficient (Wildman–Crippen LogP) is 2.78. The average Bonchev–Trinajstić information content (AvgIpc) is 2.55. The highest BCUT2D eigenvalue weighted by atomic mass is 32.2. The van der Waals surface area contributed by atoms with Gasteiger partial charge in [0, 0.05) is 43.2 Å². The van der Waals surface area contributed by atoms with E-state index < -0.39 is 9.84 Å². The summed E-state index contributed by atoms with van der Waals surface area (Å²) in [7, 11) is -2.89. The molecule has 0 aromatic carbocycles. The van der Waals surface area contributed by atoms with Gasteiger partial charge in [-0.3, -0.25) is 4.90 Å². The highest BCUT2D eigenvalue weighted by molar-refractivity contribution is 7.90. The zero-order valence-electron chi connectivity index (χ0n) is 14.7. The molecule has 134 valence electrons. The van der Waals surface area contributed by atoms with Crippen LogP contribution < -0.4 is 0 Å². The number of sulfone groups is 1. The van der Waals surface area contributed by atoms with Gasteiger partial charge in [0.05, 0.1) is 5.75 Å². The Morgan fingerprint density at radius 2 is 1.79 bits per heavy atom. The molecule has 0 radical (unpaired) electrons. The number of piperidine rings is 1. The maximum Gasteiger partial charge on any atom is 0.147 e. The summed E-state index contributed by atoms with van der Waals surface area (Å²) in [5.41, 5.74) is 1.13. The van der Waals surface area contributed by atoms with E-state index in [4.69, 9.17) is 0 Å². The smallest absolute Gasteiger partial charge is 0.147 e. The van der Waals surface area contributed by atoms with Crippen LogP contribution in [0.1, 0.15) is 62.3 Å². The average molecular weight is 352 g/mol. The van der Waals surface area contributed by atoms with Crippen LogP contribution in [-0.2, 0) is 16.4 Å². The minimum atomic E-state index is -2.89. The second-order valence-corrected chi connectivity index (χ2v) is 9.81. The lowest BCUT2D eigenvalue weighted by Gasteiger charge is -2.32. The second-order valence-electron chi connectivity index (χ2n) is 7.62. The van der Waals surface area contributed by atoms with Crippen molar-refractivity contribution >= 4 is 9.84 Å². The SMILES string of the molecule is CS(=O)(=O)C[C@H]1CCCN(Cc2cnc(C3CCCCC3)nc2)C1. The maximum absolute atomic E-state index is 11.5. The van der Waals surface area contributed by atoms with Crippen molar-refractivity contribution in [1.82, 2.24) is 14.9 Å². The number of nitrogens with zero attached hydrogens (tertiary/aromatic N) is 3. The van der Waals surface area contributed by atoms with Crippen molar-refractivity contribution in [3.05, 3.63) is 23.8 Å². The van der Waals surface area contributed by atoms with Crippen LogP contribution >= 0.6 is 0 Å². The molecule has 5 nitrogen and oxygen atoms in total. The Labute approximate surface area is 145 Å². The highest BCUT2D eigenvalue weighted by Gasteiger charge is 2.23. The Morgan fingerprint density at radius 3 is 2.46 bits per heavy atom. The van der Waals surface area contributed by atoms with Gasteiger partial charge in [-0.1, -0.05) is 19.3 Å². The molecule has 24 heavy (non-hydrogen) atoms. The molecule has 1 aliphatic carbocycles. The van der Waals surface area contributed by atoms with E-state index in [1.165, 1.54) is 38.4 Å². The van der Waals surface area contributed by atoms with Gasteiger partial charge in [-0.2, -0.15) is 0 Å². The summed E-state index contributed by atoms with van der Waals surface area (Å²) in [6.45, 7) is 2.72. The molecule has 1 aromatic heterocycles. The molecular formula is C18H29N3O2S. The molecule has 2 fully saturated rings. The first-order chi connectivity index (χ1) is 11.5. The number of hydrogen-bond acceptors (Lipinski definition) is 5. The van der Waals surface area contributed by atoms with E-state index in [2.05, 4.69) is 14.9 Å². The fourth-order valence-electron chi connectivity index (χ4n) is 4.14. The van der Waals surface area contributed by atoms with E-state index in [0.29, 0.717) is 11.7 Å². The molecule has 0 bridgehead atoms. The van der Waals surface area contributed by atoms with Gasteiger partial charge in [-0.05, 0) is 38.1 Å². The highest BCUT2D eigenvalue weighted by Crippen LogP contribution is 2.30. The molecule has 1 aromatic rings. The molecule has 1 saturated heterocycles. The van der Waals surface area contributed by atoms with Crippen LogP contribution in [0, 0.1) is 5.92 Å². The molecule has 2 heterocycles. The van der Waals surface area contributed by atoms with Gasteiger partial charge in [0.1, 0.15) is 15.7 Å². The zero-order chi connectivity index (χ0) is 17.0. The molecule has 1 saturated carbocycles. The van der Waals surface area contributed by atoms with Gasteiger partial charge in [-0.15, -0.1) is 0 Å². The van der Waals surface area contributed by atoms with E-state index in [1.807, 2.05) is 12.4 Å². The third-order valence-electron chi connectivity index (χ3n) is 5.24. The first kappa shape index (κ1) is 17.8. The van der Waals surface area contributed by atoms with Gasteiger partial charge >= 0.3 is 0 Å². The molecule has 3 rings (SSSR count). The van der Waals surface area contributed by atoms with Crippen molar-refractivity contribution in [1.29, 1.82) is 0 Å². The summed E-state index contributed by atoms with van der Waals surface area (Å²) < 4.78 is 23.0. The van der Waals surface area contributed by atoms with E-state index >= 15 is 0 Å². The third-order valence-corrected chi connectivity index (χ3v) is 6.32. The lowest BCUT2D eigenvalue weighted by Crippen LogP contribution is -2.37. The fourth-order valence-corrected chi connectivity index (χ4v) is 5.26. The van der Waals surface area contributed by atoms with Crippen molar-refractivity contribution in [2.45, 2.75) is 57.4 Å². The van der Waals surface area contributed by atoms with Crippen LogP contribution in [-0.4, -0.2) is 48.4 Å². The first-order valence-electron chi connectivity index (χ1n) is 9.20. The number of hydrogen-bond donors (Lipinski definition) is 0. The fraction of sp³-hybridized carbons (Fsp3) is 0.778. The summed E-state index contributed by atoms with van der Waals surface area (Å²) in [5, 5.41) is 0. The normalized spacial score (nSPS) is 24.1. The standard InChI is InChI=1S/C18H29N3O2S/c1-24(22,23)14-15-6-5-9-21(12-15)13-16-10-19-18(20-11-16)17-7-3-2-4-8-17/h10-11,15,17H,2-9,12-14H2,1H3/t15-/m0/s1. The summed E-state index contributed by atoms with van der Waals surface area (Å²) in [6.07, 6.45) is 13.7. The van der Waals surface area contributed by atoms with E-state index in [9.17, 15) is 8.42 Å². The third kappa shape index (κ3) is 5.24. The molecule has 2 aliphatic rings. The van der Waals surface area contributed by atoms with Crippen LogP contribution in [0.15, 0.2) is 12.4 Å². The van der Waals surface area contributed by atoms with Gasteiger partial charge in [-0.25, -0.2) is 18.4 Å². The van der Waals surface area contributed by atoms with Crippen molar-refractivity contribution in [2.75, 3.05) is 25.1 Å². The van der Waals surface area contributed by atoms with Crippen LogP contribution in [0.4, 0.5) is 0 Å². The number of likely N-dealkylation sites (tertiary alicyclic amines) is 1. The topological polar surface area (TPSA) is 63.2 Å². The molecule has 6 heteroatoms. The largest absolute Gasteiger partial charge is 0.299 e. The van der Waals surface area contributed by atoms with Crippen LogP contribution in [0.3, 0.4) is 0 Å². The Morgan fingerprint density at radius 1 is 1.08 bits per heavy atom. The molecule has 0 amide bonds. The molecule has 1 atom stereocenters. The Kier molecular flexibility index (Phi) is 5.87. The Bertz CT molecular complexity index is 624. The summed E-state index contributed by atoms with van der Waals surface area (Å²) in [6, 6.07) is 0. The molecule has 0 unspecified atom stereocenters. The minimum absolute atomic E-state index is 0.260. The Balaban J connectivity index is 1.55. The van der Waals surface area contributed by atoms with E-state index in [0.717, 1.165) is 43.9 Å². The summed E-state index contributed by atoms with van der Waals surface area (Å²) in [5.74, 6) is 2.12. The van der Waals surface area contributed by atoms with Gasteiger partial charge < -0.3 is 0 Å². The zero-order valence-corrected chi connectivity index (χ0v) is 15.5. The Hall–Kier alpha value is -1.01. The number of rotatable bonds is 5. The number of aromatic nitrogens is 2. The quantitative estimate of drug-likeness (QED) is 0.816. The van der Waals surface area contributed by atoms with Crippen molar-refractivity contribution in [3.8, 4) is 0 Å². The van der Waals surface area contributed by atoms with Crippen molar-refractivity contribution in [3.63, 3.8) is 0 Å². The van der Waals surface area contributed by atoms with Crippen LogP contribution in [0.2, 0.25) is 0 Å². The van der Waals surface area contributed by atoms with Gasteiger partial charge in [0.15, 0.2) is 0 Å². The van der Waals surface area contributed by atoms with Crippen molar-refractivity contribution < 1.29 is 8.42 Å². The van der Waals surface area contributed by atoms with Crippen LogP contribution in [0.5, 0.6) is 0 Å². The molecule has 0 spiro atoms. The molecular weight excluding hydrogens is 322 g/mol.